The summed E-state index contributed by atoms with van der Waals surface area (Å²) in [5, 5.41) is 6.11. The minimum atomic E-state index is 1.14. The van der Waals surface area contributed by atoms with Gasteiger partial charge in [0, 0.05) is 16.3 Å². The van der Waals surface area contributed by atoms with Gasteiger partial charge in [-0.25, -0.2) is 0 Å². The first-order valence-electron chi connectivity index (χ1n) is 10.4. The molecular weight excluding hydrogens is 396 g/mol. The van der Waals surface area contributed by atoms with E-state index in [0.29, 0.717) is 0 Å². The van der Waals surface area contributed by atoms with E-state index in [1.54, 1.807) is 0 Å². The zero-order valence-electron chi connectivity index (χ0n) is 16.8. The maximum atomic E-state index is 3.62. The highest BCUT2D eigenvalue weighted by atomic mass is 32.2. The monoisotopic (exact) mass is 416 g/mol. The number of hydrogen-bond acceptors (Lipinski definition) is 3. The van der Waals surface area contributed by atoms with Gasteiger partial charge in [-0.15, -0.1) is 0 Å². The van der Waals surface area contributed by atoms with Crippen molar-refractivity contribution in [2.75, 3.05) is 10.2 Å². The highest BCUT2D eigenvalue weighted by Gasteiger charge is 2.23. The maximum absolute atomic E-state index is 3.62. The molecule has 1 aliphatic rings. The van der Waals surface area contributed by atoms with Gasteiger partial charge < -0.3 is 10.2 Å². The van der Waals surface area contributed by atoms with Crippen molar-refractivity contribution >= 4 is 51.0 Å². The summed E-state index contributed by atoms with van der Waals surface area (Å²) in [5.74, 6) is 0. The zero-order valence-corrected chi connectivity index (χ0v) is 17.6. The second kappa shape index (κ2) is 7.53. The molecule has 5 aromatic carbocycles. The standard InChI is InChI=1S/C28H20N2S/c1-2-11-22(12-3-1)30(23-18-17-20-9-4-5-10-21(20)19-23)26-15-8-14-25-28(26)31-27-16-7-6-13-24(27)29-25/h1-19,29H. The van der Waals surface area contributed by atoms with E-state index >= 15 is 0 Å². The Bertz CT molecular complexity index is 1400. The fraction of sp³-hybridized carbons (Fsp3) is 0. The van der Waals surface area contributed by atoms with E-state index in [1.165, 1.54) is 26.3 Å². The summed E-state index contributed by atoms with van der Waals surface area (Å²) in [7, 11) is 0. The number of nitrogens with one attached hydrogen (secondary N) is 1. The van der Waals surface area contributed by atoms with Crippen LogP contribution in [0.3, 0.4) is 0 Å². The Morgan fingerprint density at radius 3 is 2.19 bits per heavy atom. The minimum Gasteiger partial charge on any atom is -0.354 e. The molecule has 31 heavy (non-hydrogen) atoms. The fourth-order valence-corrected chi connectivity index (χ4v) is 5.23. The topological polar surface area (TPSA) is 15.3 Å². The zero-order chi connectivity index (χ0) is 20.6. The molecule has 0 fully saturated rings. The molecule has 5 aromatic rings. The number of benzene rings is 5. The van der Waals surface area contributed by atoms with Crippen molar-refractivity contribution in [2.24, 2.45) is 0 Å². The van der Waals surface area contributed by atoms with Gasteiger partial charge in [-0.3, -0.25) is 0 Å². The summed E-state index contributed by atoms with van der Waals surface area (Å²) < 4.78 is 0. The molecule has 0 aromatic heterocycles. The Morgan fingerprint density at radius 1 is 0.548 bits per heavy atom. The first-order valence-corrected chi connectivity index (χ1v) is 11.2. The van der Waals surface area contributed by atoms with Crippen molar-refractivity contribution in [3.8, 4) is 0 Å². The van der Waals surface area contributed by atoms with Gasteiger partial charge in [-0.2, -0.15) is 0 Å². The summed E-state index contributed by atoms with van der Waals surface area (Å²) in [6.07, 6.45) is 0. The number of nitrogens with zero attached hydrogens (tertiary/aromatic N) is 1. The summed E-state index contributed by atoms with van der Waals surface area (Å²) in [6.45, 7) is 0. The van der Waals surface area contributed by atoms with E-state index in [-0.39, 0.29) is 0 Å². The third-order valence-electron chi connectivity index (χ3n) is 5.61. The molecule has 1 heterocycles. The average Bonchev–Trinajstić information content (AvgIpc) is 2.84. The number of hydrogen-bond donors (Lipinski definition) is 1. The lowest BCUT2D eigenvalue weighted by Crippen LogP contribution is -2.12. The summed E-state index contributed by atoms with van der Waals surface area (Å²) >= 11 is 1.83. The first-order chi connectivity index (χ1) is 15.4. The Morgan fingerprint density at radius 2 is 1.29 bits per heavy atom. The second-order valence-corrected chi connectivity index (χ2v) is 8.63. The number of para-hydroxylation sites is 2. The van der Waals surface area contributed by atoms with Crippen LogP contribution in [0.1, 0.15) is 0 Å². The molecule has 6 rings (SSSR count). The van der Waals surface area contributed by atoms with Crippen LogP contribution in [0.5, 0.6) is 0 Å². The summed E-state index contributed by atoms with van der Waals surface area (Å²) in [5.41, 5.74) is 5.77. The smallest absolute Gasteiger partial charge is 0.0622 e. The van der Waals surface area contributed by atoms with Crippen LogP contribution < -0.4 is 10.2 Å². The van der Waals surface area contributed by atoms with Crippen LogP contribution in [0.4, 0.5) is 28.4 Å². The predicted molar refractivity (Wildman–Crippen MR) is 132 cm³/mol. The van der Waals surface area contributed by atoms with Gasteiger partial charge in [0.2, 0.25) is 0 Å². The first kappa shape index (κ1) is 18.1. The third kappa shape index (κ3) is 3.24. The molecule has 0 saturated heterocycles. The molecule has 0 bridgehead atoms. The van der Waals surface area contributed by atoms with E-state index in [2.05, 4.69) is 125 Å². The average molecular weight is 417 g/mol. The molecule has 0 saturated carbocycles. The lowest BCUT2D eigenvalue weighted by atomic mass is 10.1. The van der Waals surface area contributed by atoms with Crippen molar-refractivity contribution in [1.82, 2.24) is 0 Å². The third-order valence-corrected chi connectivity index (χ3v) is 6.82. The molecule has 0 amide bonds. The summed E-state index contributed by atoms with van der Waals surface area (Å²) in [4.78, 5) is 4.83. The van der Waals surface area contributed by atoms with Crippen LogP contribution in [-0.4, -0.2) is 0 Å². The highest BCUT2D eigenvalue weighted by Crippen LogP contribution is 2.51. The Kier molecular flexibility index (Phi) is 4.40. The van der Waals surface area contributed by atoms with Crippen molar-refractivity contribution in [3.05, 3.63) is 115 Å². The molecule has 2 nitrogen and oxygen atoms in total. The number of rotatable bonds is 3. The second-order valence-electron chi connectivity index (χ2n) is 7.58. The van der Waals surface area contributed by atoms with Crippen LogP contribution >= 0.6 is 11.8 Å². The van der Waals surface area contributed by atoms with Gasteiger partial charge in [-0.05, 0) is 59.3 Å². The van der Waals surface area contributed by atoms with Crippen molar-refractivity contribution in [2.45, 2.75) is 9.79 Å². The van der Waals surface area contributed by atoms with Gasteiger partial charge in [-0.1, -0.05) is 78.5 Å². The van der Waals surface area contributed by atoms with Gasteiger partial charge >= 0.3 is 0 Å². The molecule has 0 atom stereocenters. The van der Waals surface area contributed by atoms with Crippen LogP contribution in [0, 0.1) is 0 Å². The van der Waals surface area contributed by atoms with Crippen molar-refractivity contribution < 1.29 is 0 Å². The van der Waals surface area contributed by atoms with Crippen LogP contribution in [0.2, 0.25) is 0 Å². The lowest BCUT2D eigenvalue weighted by molar-refractivity contribution is 1.21. The number of anilines is 5. The van der Waals surface area contributed by atoms with Crippen molar-refractivity contribution in [3.63, 3.8) is 0 Å². The normalized spacial score (nSPS) is 12.0. The molecule has 0 unspecified atom stereocenters. The molecular formula is C28H20N2S. The number of fused-ring (bicyclic) bond motifs is 3. The summed E-state index contributed by atoms with van der Waals surface area (Å²) in [6, 6.07) is 40.8. The van der Waals surface area contributed by atoms with Gasteiger partial charge in [0.05, 0.1) is 22.0 Å². The Hall–Kier alpha value is -3.69. The molecule has 148 valence electrons. The lowest BCUT2D eigenvalue weighted by Gasteiger charge is -2.30. The van der Waals surface area contributed by atoms with E-state index < -0.39 is 0 Å². The van der Waals surface area contributed by atoms with E-state index in [9.17, 15) is 0 Å². The van der Waals surface area contributed by atoms with Gasteiger partial charge in [0.1, 0.15) is 0 Å². The fourth-order valence-electron chi connectivity index (χ4n) is 4.14. The van der Waals surface area contributed by atoms with E-state index in [4.69, 9.17) is 0 Å². The van der Waals surface area contributed by atoms with Gasteiger partial charge in [0.15, 0.2) is 0 Å². The molecule has 0 spiro atoms. The SMILES string of the molecule is c1ccc(N(c2ccc3ccccc3c2)c2cccc3c2Sc2ccccc2N3)cc1. The minimum absolute atomic E-state index is 1.14. The Labute approximate surface area is 186 Å². The van der Waals surface area contributed by atoms with E-state index in [0.717, 1.165) is 22.7 Å². The molecule has 0 radical (unpaired) electrons. The van der Waals surface area contributed by atoms with Gasteiger partial charge in [0.25, 0.3) is 0 Å². The van der Waals surface area contributed by atoms with Crippen LogP contribution in [-0.2, 0) is 0 Å². The molecule has 1 N–H and O–H groups in total. The largest absolute Gasteiger partial charge is 0.354 e. The predicted octanol–water partition coefficient (Wildman–Crippen LogP) is 8.52. The van der Waals surface area contributed by atoms with Crippen molar-refractivity contribution in [1.29, 1.82) is 0 Å². The Balaban J connectivity index is 1.55. The molecule has 1 aliphatic heterocycles. The quantitative estimate of drug-likeness (QED) is 0.311. The highest BCUT2D eigenvalue weighted by molar-refractivity contribution is 8.00. The van der Waals surface area contributed by atoms with Crippen LogP contribution in [0.25, 0.3) is 10.8 Å². The van der Waals surface area contributed by atoms with Crippen LogP contribution in [0.15, 0.2) is 125 Å². The molecule has 0 aliphatic carbocycles. The molecule has 3 heteroatoms. The van der Waals surface area contributed by atoms with E-state index in [1.807, 2.05) is 11.8 Å². The maximum Gasteiger partial charge on any atom is 0.0622 e.